The predicted octanol–water partition coefficient (Wildman–Crippen LogP) is 3.91. The molecule has 0 aromatic carbocycles. The normalized spacial score (nSPS) is 22.3. The lowest BCUT2D eigenvalue weighted by molar-refractivity contribution is 0.586. The Morgan fingerprint density at radius 2 is 2.05 bits per heavy atom. The van der Waals surface area contributed by atoms with E-state index in [0.29, 0.717) is 18.1 Å². The first-order valence-corrected chi connectivity index (χ1v) is 8.56. The van der Waals surface area contributed by atoms with Crippen molar-refractivity contribution in [1.82, 2.24) is 10.3 Å². The molecule has 2 unspecified atom stereocenters. The van der Waals surface area contributed by atoms with Crippen LogP contribution in [0.25, 0.3) is 0 Å². The second-order valence-corrected chi connectivity index (χ2v) is 6.61. The van der Waals surface area contributed by atoms with Gasteiger partial charge in [0.1, 0.15) is 5.82 Å². The molecular weight excluding hydrogens is 258 g/mol. The smallest absolute Gasteiger partial charge is 0.129 e. The van der Waals surface area contributed by atoms with Crippen molar-refractivity contribution in [3.05, 3.63) is 23.4 Å². The van der Waals surface area contributed by atoms with Gasteiger partial charge in [-0.05, 0) is 50.3 Å². The molecule has 0 bridgehead atoms. The van der Waals surface area contributed by atoms with Gasteiger partial charge in [0, 0.05) is 30.4 Å². The number of hydrogen-bond donors (Lipinski definition) is 1. The molecule has 1 aliphatic rings. The van der Waals surface area contributed by atoms with Gasteiger partial charge >= 0.3 is 0 Å². The molecule has 21 heavy (non-hydrogen) atoms. The summed E-state index contributed by atoms with van der Waals surface area (Å²) in [6.45, 7) is 12.1. The third-order valence-electron chi connectivity index (χ3n) is 4.52. The molecule has 1 N–H and O–H groups in total. The van der Waals surface area contributed by atoms with Crippen LogP contribution in [0.2, 0.25) is 0 Å². The first kappa shape index (κ1) is 16.3. The van der Waals surface area contributed by atoms with Crippen molar-refractivity contribution in [3.63, 3.8) is 0 Å². The van der Waals surface area contributed by atoms with Crippen LogP contribution in [-0.4, -0.2) is 23.1 Å². The predicted molar refractivity (Wildman–Crippen MR) is 90.8 cm³/mol. The fourth-order valence-electron chi connectivity index (χ4n) is 3.26. The minimum Gasteiger partial charge on any atom is -0.351 e. The molecule has 0 aliphatic carbocycles. The summed E-state index contributed by atoms with van der Waals surface area (Å²) in [6.07, 6.45) is 4.80. The molecule has 2 rings (SSSR count). The number of anilines is 1. The fourth-order valence-corrected chi connectivity index (χ4v) is 3.26. The van der Waals surface area contributed by atoms with E-state index in [1.54, 1.807) is 0 Å². The maximum absolute atomic E-state index is 4.91. The largest absolute Gasteiger partial charge is 0.351 e. The monoisotopic (exact) mass is 289 g/mol. The van der Waals surface area contributed by atoms with E-state index in [9.17, 15) is 0 Å². The number of nitrogens with zero attached hydrogens (tertiary/aromatic N) is 2. The standard InChI is InChI=1S/C18H31N3/c1-6-16-10-15(12-19-13(3)4)11-18(20-16)21-14(5)8-9-17(21)7-2/h10-11,13-14,17,19H,6-9,12H2,1-5H3. The fraction of sp³-hybridized carbons (Fsp3) is 0.722. The summed E-state index contributed by atoms with van der Waals surface area (Å²) in [6, 6.07) is 6.33. The Balaban J connectivity index is 2.27. The van der Waals surface area contributed by atoms with E-state index >= 15 is 0 Å². The van der Waals surface area contributed by atoms with Crippen molar-refractivity contribution < 1.29 is 0 Å². The Morgan fingerprint density at radius 1 is 1.29 bits per heavy atom. The van der Waals surface area contributed by atoms with Crippen molar-refractivity contribution >= 4 is 5.82 Å². The van der Waals surface area contributed by atoms with Crippen molar-refractivity contribution in [2.24, 2.45) is 0 Å². The van der Waals surface area contributed by atoms with Crippen molar-refractivity contribution in [2.45, 2.75) is 85.0 Å². The van der Waals surface area contributed by atoms with Gasteiger partial charge in [-0.2, -0.15) is 0 Å². The quantitative estimate of drug-likeness (QED) is 0.860. The van der Waals surface area contributed by atoms with E-state index in [4.69, 9.17) is 4.98 Å². The zero-order chi connectivity index (χ0) is 15.4. The summed E-state index contributed by atoms with van der Waals surface area (Å²) in [7, 11) is 0. The lowest BCUT2D eigenvalue weighted by Crippen LogP contribution is -2.35. The minimum absolute atomic E-state index is 0.515. The van der Waals surface area contributed by atoms with Crippen LogP contribution in [0.5, 0.6) is 0 Å². The summed E-state index contributed by atoms with van der Waals surface area (Å²) in [5.41, 5.74) is 2.57. The summed E-state index contributed by atoms with van der Waals surface area (Å²) in [4.78, 5) is 7.46. The Morgan fingerprint density at radius 3 is 2.67 bits per heavy atom. The molecule has 3 nitrogen and oxygen atoms in total. The van der Waals surface area contributed by atoms with Crippen molar-refractivity contribution in [3.8, 4) is 0 Å². The maximum Gasteiger partial charge on any atom is 0.129 e. The third kappa shape index (κ3) is 3.97. The zero-order valence-electron chi connectivity index (χ0n) is 14.3. The molecule has 3 heteroatoms. The average molecular weight is 289 g/mol. The number of rotatable bonds is 6. The molecule has 0 spiro atoms. The van der Waals surface area contributed by atoms with E-state index in [1.807, 2.05) is 0 Å². The first-order chi connectivity index (χ1) is 10.0. The number of aryl methyl sites for hydroxylation is 1. The highest BCUT2D eigenvalue weighted by molar-refractivity contribution is 5.46. The molecule has 1 fully saturated rings. The van der Waals surface area contributed by atoms with Crippen LogP contribution in [-0.2, 0) is 13.0 Å². The zero-order valence-corrected chi connectivity index (χ0v) is 14.3. The third-order valence-corrected chi connectivity index (χ3v) is 4.52. The Hall–Kier alpha value is -1.09. The van der Waals surface area contributed by atoms with Crippen LogP contribution in [0.15, 0.2) is 12.1 Å². The Labute approximate surface area is 130 Å². The highest BCUT2D eigenvalue weighted by Crippen LogP contribution is 2.31. The van der Waals surface area contributed by atoms with E-state index < -0.39 is 0 Å². The number of nitrogens with one attached hydrogen (secondary N) is 1. The molecule has 0 saturated carbocycles. The highest BCUT2D eigenvalue weighted by Gasteiger charge is 2.30. The first-order valence-electron chi connectivity index (χ1n) is 8.56. The molecular formula is C18H31N3. The molecule has 0 amide bonds. The van der Waals surface area contributed by atoms with Crippen LogP contribution >= 0.6 is 0 Å². The molecule has 2 atom stereocenters. The molecule has 1 aromatic heterocycles. The highest BCUT2D eigenvalue weighted by atomic mass is 15.3. The van der Waals surface area contributed by atoms with Crippen LogP contribution in [0.3, 0.4) is 0 Å². The number of pyridine rings is 1. The molecule has 1 saturated heterocycles. The van der Waals surface area contributed by atoms with Gasteiger partial charge < -0.3 is 10.2 Å². The van der Waals surface area contributed by atoms with Gasteiger partial charge in [0.2, 0.25) is 0 Å². The molecule has 0 radical (unpaired) electrons. The molecule has 118 valence electrons. The van der Waals surface area contributed by atoms with Crippen LogP contribution < -0.4 is 10.2 Å². The van der Waals surface area contributed by atoms with Crippen LogP contribution in [0.1, 0.15) is 65.1 Å². The minimum atomic E-state index is 0.515. The number of hydrogen-bond acceptors (Lipinski definition) is 3. The lowest BCUT2D eigenvalue weighted by Gasteiger charge is -2.30. The van der Waals surface area contributed by atoms with Crippen LogP contribution in [0, 0.1) is 0 Å². The topological polar surface area (TPSA) is 28.2 Å². The van der Waals surface area contributed by atoms with Gasteiger partial charge in [0.25, 0.3) is 0 Å². The van der Waals surface area contributed by atoms with Crippen LogP contribution in [0.4, 0.5) is 5.82 Å². The van der Waals surface area contributed by atoms with Gasteiger partial charge in [0.15, 0.2) is 0 Å². The summed E-state index contributed by atoms with van der Waals surface area (Å²) in [5.74, 6) is 1.19. The van der Waals surface area contributed by atoms with Crippen molar-refractivity contribution in [2.75, 3.05) is 4.90 Å². The Kier molecular flexibility index (Phi) is 5.63. The molecule has 2 heterocycles. The van der Waals surface area contributed by atoms with E-state index in [2.05, 4.69) is 57.0 Å². The van der Waals surface area contributed by atoms with E-state index in [1.165, 1.54) is 36.3 Å². The maximum atomic E-state index is 4.91. The average Bonchev–Trinajstić information content (AvgIpc) is 2.85. The second-order valence-electron chi connectivity index (χ2n) is 6.61. The number of aromatic nitrogens is 1. The van der Waals surface area contributed by atoms with Gasteiger partial charge in [-0.1, -0.05) is 27.7 Å². The summed E-state index contributed by atoms with van der Waals surface area (Å²) >= 11 is 0. The molecule has 1 aromatic rings. The van der Waals surface area contributed by atoms with Gasteiger partial charge in [0.05, 0.1) is 0 Å². The summed E-state index contributed by atoms with van der Waals surface area (Å²) in [5, 5.41) is 3.52. The van der Waals surface area contributed by atoms with Gasteiger partial charge in [-0.15, -0.1) is 0 Å². The van der Waals surface area contributed by atoms with Crippen molar-refractivity contribution in [1.29, 1.82) is 0 Å². The SMILES string of the molecule is CCc1cc(CNC(C)C)cc(N2C(C)CCC2CC)n1. The second kappa shape index (κ2) is 7.26. The lowest BCUT2D eigenvalue weighted by atomic mass is 10.1. The van der Waals surface area contributed by atoms with Gasteiger partial charge in [-0.3, -0.25) is 0 Å². The van der Waals surface area contributed by atoms with E-state index in [0.717, 1.165) is 13.0 Å². The summed E-state index contributed by atoms with van der Waals surface area (Å²) < 4.78 is 0. The van der Waals surface area contributed by atoms with E-state index in [-0.39, 0.29) is 0 Å². The Bertz CT molecular complexity index is 456. The molecule has 1 aliphatic heterocycles. The van der Waals surface area contributed by atoms with Gasteiger partial charge in [-0.25, -0.2) is 4.98 Å².